The van der Waals surface area contributed by atoms with Gasteiger partial charge in [-0.15, -0.1) is 11.3 Å². The van der Waals surface area contributed by atoms with Gasteiger partial charge in [0.1, 0.15) is 6.54 Å². The maximum Gasteiger partial charge on any atom is 0.325 e. The smallest absolute Gasteiger partial charge is 0.325 e. The van der Waals surface area contributed by atoms with Crippen molar-refractivity contribution in [1.29, 1.82) is 0 Å². The molecule has 0 aliphatic heterocycles. The molecule has 24 heavy (non-hydrogen) atoms. The van der Waals surface area contributed by atoms with Crippen LogP contribution in [0.15, 0.2) is 5.38 Å². The van der Waals surface area contributed by atoms with Crippen molar-refractivity contribution >= 4 is 23.3 Å². The lowest BCUT2D eigenvalue weighted by Crippen LogP contribution is -2.39. The van der Waals surface area contributed by atoms with Gasteiger partial charge in [-0.05, 0) is 0 Å². The Bertz CT molecular complexity index is 462. The van der Waals surface area contributed by atoms with Crippen LogP contribution in [-0.2, 0) is 16.1 Å². The Kier molecular flexibility index (Phi) is 15.3. The molecule has 0 fully saturated rings. The van der Waals surface area contributed by atoms with Gasteiger partial charge in [-0.2, -0.15) is 0 Å². The van der Waals surface area contributed by atoms with Crippen LogP contribution in [0.3, 0.4) is 0 Å². The third-order valence-electron chi connectivity index (χ3n) is 2.42. The molecule has 140 valence electrons. The van der Waals surface area contributed by atoms with Crippen LogP contribution in [-0.4, -0.2) is 42.6 Å². The highest BCUT2D eigenvalue weighted by Gasteiger charge is 2.13. The number of hydrogen-bond acceptors (Lipinski definition) is 5. The van der Waals surface area contributed by atoms with Gasteiger partial charge in [0.2, 0.25) is 0 Å². The maximum atomic E-state index is 11.7. The van der Waals surface area contributed by atoms with E-state index < -0.39 is 5.97 Å². The highest BCUT2D eigenvalue weighted by Crippen LogP contribution is 2.19. The van der Waals surface area contributed by atoms with Crippen molar-refractivity contribution in [2.24, 2.45) is 0 Å². The fourth-order valence-corrected chi connectivity index (χ4v) is 2.16. The van der Waals surface area contributed by atoms with Crippen molar-refractivity contribution in [3.8, 4) is 0 Å². The molecule has 0 spiro atoms. The first-order valence-electron chi connectivity index (χ1n) is 8.35. The van der Waals surface area contributed by atoms with Crippen LogP contribution in [0.25, 0.3) is 0 Å². The van der Waals surface area contributed by atoms with Crippen molar-refractivity contribution < 1.29 is 14.3 Å². The largest absolute Gasteiger partial charge is 0.468 e. The van der Waals surface area contributed by atoms with Crippen LogP contribution in [0.5, 0.6) is 0 Å². The van der Waals surface area contributed by atoms with E-state index in [4.69, 9.17) is 0 Å². The summed E-state index contributed by atoms with van der Waals surface area (Å²) in [6, 6.07) is -0.329. The van der Waals surface area contributed by atoms with Crippen LogP contribution in [0.2, 0.25) is 0 Å². The number of aromatic nitrogens is 1. The van der Waals surface area contributed by atoms with Crippen LogP contribution in [0.4, 0.5) is 4.79 Å². The fraction of sp³-hybridized carbons (Fsp3) is 0.706. The Morgan fingerprint density at radius 2 is 1.88 bits per heavy atom. The Balaban J connectivity index is 0. The van der Waals surface area contributed by atoms with Crippen molar-refractivity contribution in [2.75, 3.05) is 20.7 Å². The van der Waals surface area contributed by atoms with Crippen LogP contribution in [0, 0.1) is 0 Å². The Hall–Kier alpha value is -1.63. The molecule has 0 saturated carbocycles. The number of nitrogens with one attached hydrogen (secondary N) is 1. The van der Waals surface area contributed by atoms with Gasteiger partial charge < -0.3 is 15.0 Å². The summed E-state index contributed by atoms with van der Waals surface area (Å²) < 4.78 is 4.45. The second-order valence-electron chi connectivity index (χ2n) is 5.13. The lowest BCUT2D eigenvalue weighted by Gasteiger charge is -2.16. The number of carbonyl (C=O) groups excluding carboxylic acids is 2. The summed E-state index contributed by atoms with van der Waals surface area (Å²) in [4.78, 5) is 28.5. The van der Waals surface area contributed by atoms with Crippen molar-refractivity contribution in [3.63, 3.8) is 0 Å². The first-order valence-corrected chi connectivity index (χ1v) is 9.23. The van der Waals surface area contributed by atoms with E-state index >= 15 is 0 Å². The van der Waals surface area contributed by atoms with Crippen LogP contribution >= 0.6 is 11.3 Å². The normalized spacial score (nSPS) is 9.21. The van der Waals surface area contributed by atoms with Gasteiger partial charge in [-0.3, -0.25) is 4.79 Å². The van der Waals surface area contributed by atoms with Crippen molar-refractivity contribution in [3.05, 3.63) is 16.1 Å². The Morgan fingerprint density at radius 1 is 1.33 bits per heavy atom. The van der Waals surface area contributed by atoms with Gasteiger partial charge in [0.25, 0.3) is 0 Å². The van der Waals surface area contributed by atoms with Crippen LogP contribution in [0.1, 0.15) is 64.6 Å². The minimum atomic E-state index is -0.475. The Morgan fingerprint density at radius 3 is 2.29 bits per heavy atom. The van der Waals surface area contributed by atoms with E-state index in [-0.39, 0.29) is 12.6 Å². The van der Waals surface area contributed by atoms with Gasteiger partial charge in [0.15, 0.2) is 0 Å². The average molecular weight is 360 g/mol. The molecule has 1 heterocycles. The molecule has 0 aromatic carbocycles. The molecule has 1 N–H and O–H groups in total. The molecule has 2 amide bonds. The SMILES string of the molecule is CC.CCC.COC(=O)CNC(=O)N(C)Cc1csc(C(C)C)n1. The summed E-state index contributed by atoms with van der Waals surface area (Å²) in [5, 5.41) is 5.47. The zero-order valence-electron chi connectivity index (χ0n) is 16.3. The molecule has 1 aromatic heterocycles. The number of hydrogen-bond donors (Lipinski definition) is 1. The molecule has 7 heteroatoms. The average Bonchev–Trinajstić information content (AvgIpc) is 3.03. The van der Waals surface area contributed by atoms with E-state index in [2.05, 4.69) is 42.7 Å². The molecule has 0 aliphatic carbocycles. The maximum absolute atomic E-state index is 11.7. The topological polar surface area (TPSA) is 71.5 Å². The van der Waals surface area contributed by atoms with E-state index in [1.807, 2.05) is 19.2 Å². The van der Waals surface area contributed by atoms with E-state index in [9.17, 15) is 9.59 Å². The number of nitrogens with zero attached hydrogens (tertiary/aromatic N) is 2. The van der Waals surface area contributed by atoms with E-state index in [1.165, 1.54) is 18.4 Å². The third kappa shape index (κ3) is 11.0. The third-order valence-corrected chi connectivity index (χ3v) is 3.62. The summed E-state index contributed by atoms with van der Waals surface area (Å²) in [5.41, 5.74) is 0.851. The van der Waals surface area contributed by atoms with Gasteiger partial charge in [-0.25, -0.2) is 9.78 Å². The highest BCUT2D eigenvalue weighted by atomic mass is 32.1. The molecule has 0 radical (unpaired) electrons. The minimum absolute atomic E-state index is 0.131. The number of ether oxygens (including phenoxy) is 1. The minimum Gasteiger partial charge on any atom is -0.468 e. The Labute approximate surface area is 150 Å². The van der Waals surface area contributed by atoms with E-state index in [0.29, 0.717) is 12.5 Å². The number of methoxy groups -OCH3 is 1. The molecule has 0 bridgehead atoms. The van der Waals surface area contributed by atoms with Gasteiger partial charge >= 0.3 is 12.0 Å². The first-order chi connectivity index (χ1) is 11.3. The number of rotatable bonds is 5. The molecular formula is C17H33N3O3S. The zero-order valence-corrected chi connectivity index (χ0v) is 17.1. The molecule has 1 rings (SSSR count). The zero-order chi connectivity index (χ0) is 19.1. The predicted molar refractivity (Wildman–Crippen MR) is 100 cm³/mol. The fourth-order valence-electron chi connectivity index (χ4n) is 1.33. The lowest BCUT2D eigenvalue weighted by atomic mass is 10.2. The summed E-state index contributed by atoms with van der Waals surface area (Å²) in [6.45, 7) is 12.7. The van der Waals surface area contributed by atoms with Crippen LogP contribution < -0.4 is 5.32 Å². The second kappa shape index (κ2) is 14.9. The quantitative estimate of drug-likeness (QED) is 0.806. The van der Waals surface area contributed by atoms with Gasteiger partial charge in [-0.1, -0.05) is 48.0 Å². The first kappa shape index (κ1) is 24.6. The summed E-state index contributed by atoms with van der Waals surface area (Å²) in [7, 11) is 2.93. The lowest BCUT2D eigenvalue weighted by molar-refractivity contribution is -0.139. The molecule has 0 saturated heterocycles. The summed E-state index contributed by atoms with van der Waals surface area (Å²) in [5.74, 6) is -0.0882. The number of carbonyl (C=O) groups is 2. The van der Waals surface area contributed by atoms with Crippen molar-refractivity contribution in [2.45, 2.75) is 60.4 Å². The molecule has 6 nitrogen and oxygen atoms in total. The highest BCUT2D eigenvalue weighted by molar-refractivity contribution is 7.09. The van der Waals surface area contributed by atoms with E-state index in [1.54, 1.807) is 18.4 Å². The molecular weight excluding hydrogens is 326 g/mol. The number of thiazole rings is 1. The molecule has 0 atom stereocenters. The molecule has 1 aromatic rings. The number of urea groups is 1. The summed E-state index contributed by atoms with van der Waals surface area (Å²) >= 11 is 1.59. The predicted octanol–water partition coefficient (Wildman–Crippen LogP) is 4.02. The standard InChI is InChI=1S/C12H19N3O3S.C3H8.C2H6/c1-8(2)11-14-9(7-19-11)6-15(3)12(17)13-5-10(16)18-4;1-3-2;1-2/h7-8H,5-6H2,1-4H3,(H,13,17);3H2,1-2H3;1-2H3. The molecule has 0 unspecified atom stereocenters. The monoisotopic (exact) mass is 359 g/mol. The van der Waals surface area contributed by atoms with E-state index in [0.717, 1.165) is 10.7 Å². The second-order valence-corrected chi connectivity index (χ2v) is 6.02. The van der Waals surface area contributed by atoms with Gasteiger partial charge in [0.05, 0.1) is 24.4 Å². The summed E-state index contributed by atoms with van der Waals surface area (Å²) in [6.07, 6.45) is 1.25. The number of esters is 1. The van der Waals surface area contributed by atoms with Crippen molar-refractivity contribution in [1.82, 2.24) is 15.2 Å². The molecule has 0 aliphatic rings. The van der Waals surface area contributed by atoms with Gasteiger partial charge in [0, 0.05) is 18.3 Å². The number of amides is 2.